The molecule has 1 unspecified atom stereocenters. The van der Waals surface area contributed by atoms with E-state index < -0.39 is 11.6 Å². The lowest BCUT2D eigenvalue weighted by molar-refractivity contribution is 0.0962. The molecule has 0 spiro atoms. The average Bonchev–Trinajstić information content (AvgIpc) is 2.74. The summed E-state index contributed by atoms with van der Waals surface area (Å²) in [7, 11) is 1.64. The fraction of sp³-hybridized carbons (Fsp3) is 0.364. The predicted octanol–water partition coefficient (Wildman–Crippen LogP) is 2.42. The van der Waals surface area contributed by atoms with Crippen molar-refractivity contribution in [3.05, 3.63) is 46.5 Å². The van der Waals surface area contributed by atoms with Crippen LogP contribution in [0.1, 0.15) is 44.7 Å². The minimum Gasteiger partial charge on any atom is -0.507 e. The maximum absolute atomic E-state index is 13.4. The molecule has 3 aliphatic heterocycles. The number of aromatic hydroxyl groups is 2. The number of benzene rings is 2. The van der Waals surface area contributed by atoms with Crippen LogP contribution in [-0.4, -0.2) is 59.4 Å². The third kappa shape index (κ3) is 2.61. The summed E-state index contributed by atoms with van der Waals surface area (Å²) >= 11 is 0. The molecular weight excluding hydrogens is 370 g/mol. The van der Waals surface area contributed by atoms with Crippen molar-refractivity contribution in [3.63, 3.8) is 0 Å². The summed E-state index contributed by atoms with van der Waals surface area (Å²) in [6.45, 7) is 3.10. The summed E-state index contributed by atoms with van der Waals surface area (Å²) in [4.78, 5) is 29.1. The average molecular weight is 393 g/mol. The molecule has 150 valence electrons. The van der Waals surface area contributed by atoms with Gasteiger partial charge in [0.05, 0.1) is 22.3 Å². The van der Waals surface area contributed by atoms with Crippen molar-refractivity contribution >= 4 is 22.9 Å². The van der Waals surface area contributed by atoms with Crippen LogP contribution in [0.3, 0.4) is 0 Å². The van der Waals surface area contributed by atoms with Crippen LogP contribution in [0, 0.1) is 5.92 Å². The fourth-order valence-corrected chi connectivity index (χ4v) is 5.02. The molecule has 2 bridgehead atoms. The molecule has 4 N–H and O–H groups in total. The first-order valence-corrected chi connectivity index (χ1v) is 9.97. The van der Waals surface area contributed by atoms with E-state index >= 15 is 0 Å². The predicted molar refractivity (Wildman–Crippen MR) is 109 cm³/mol. The summed E-state index contributed by atoms with van der Waals surface area (Å²) in [5.74, 6) is -0.863. The molecule has 7 nitrogen and oxygen atoms in total. The first-order valence-electron chi connectivity index (χ1n) is 9.97. The van der Waals surface area contributed by atoms with Gasteiger partial charge in [-0.1, -0.05) is 0 Å². The zero-order valence-corrected chi connectivity index (χ0v) is 16.2. The Hall–Kier alpha value is -3.06. The fourth-order valence-electron chi connectivity index (χ4n) is 5.02. The number of fused-ring (bicyclic) bond motifs is 5. The van der Waals surface area contributed by atoms with E-state index in [9.17, 15) is 19.8 Å². The molecule has 4 aliphatic rings. The monoisotopic (exact) mass is 393 g/mol. The van der Waals surface area contributed by atoms with Gasteiger partial charge in [0.15, 0.2) is 0 Å². The number of ketones is 2. The van der Waals surface area contributed by atoms with Gasteiger partial charge in [-0.15, -0.1) is 0 Å². The molecular formula is C22H23N3O4. The summed E-state index contributed by atoms with van der Waals surface area (Å²) in [5.41, 5.74) is 1.20. The molecule has 0 amide bonds. The molecule has 0 saturated carbocycles. The van der Waals surface area contributed by atoms with E-state index in [1.807, 2.05) is 0 Å². The summed E-state index contributed by atoms with van der Waals surface area (Å²) in [6, 6.07) is 6.26. The molecule has 1 aliphatic carbocycles. The minimum absolute atomic E-state index is 0.00382. The molecule has 29 heavy (non-hydrogen) atoms. The second-order valence-corrected chi connectivity index (χ2v) is 8.06. The molecule has 3 heterocycles. The highest BCUT2D eigenvalue weighted by Gasteiger charge is 2.39. The first kappa shape index (κ1) is 18.0. The van der Waals surface area contributed by atoms with Gasteiger partial charge in [0.25, 0.3) is 0 Å². The van der Waals surface area contributed by atoms with E-state index in [-0.39, 0.29) is 39.8 Å². The quantitative estimate of drug-likeness (QED) is 0.507. The molecule has 7 heteroatoms. The van der Waals surface area contributed by atoms with Crippen molar-refractivity contribution in [1.29, 1.82) is 0 Å². The van der Waals surface area contributed by atoms with Crippen molar-refractivity contribution in [2.75, 3.05) is 37.3 Å². The number of rotatable bonds is 3. The molecule has 0 aromatic heterocycles. The van der Waals surface area contributed by atoms with Gasteiger partial charge in [-0.3, -0.25) is 9.59 Å². The van der Waals surface area contributed by atoms with Gasteiger partial charge in [-0.2, -0.15) is 0 Å². The van der Waals surface area contributed by atoms with Gasteiger partial charge in [-0.25, -0.2) is 0 Å². The Kier molecular flexibility index (Phi) is 4.03. The minimum atomic E-state index is -0.468. The number of carbonyl (C=O) groups excluding carboxylic acids is 2. The zero-order chi connectivity index (χ0) is 20.3. The Labute approximate surface area is 168 Å². The Morgan fingerprint density at radius 2 is 1.41 bits per heavy atom. The lowest BCUT2D eigenvalue weighted by Crippen LogP contribution is -2.53. The Morgan fingerprint density at radius 3 is 1.93 bits per heavy atom. The largest absolute Gasteiger partial charge is 0.507 e. The summed E-state index contributed by atoms with van der Waals surface area (Å²) in [5, 5.41) is 27.2. The van der Waals surface area contributed by atoms with Crippen LogP contribution in [0.4, 0.5) is 11.4 Å². The second kappa shape index (κ2) is 6.49. The van der Waals surface area contributed by atoms with E-state index in [0.717, 1.165) is 32.5 Å². The van der Waals surface area contributed by atoms with Crippen LogP contribution in [0.5, 0.6) is 11.5 Å². The molecule has 3 fully saturated rings. The van der Waals surface area contributed by atoms with Crippen molar-refractivity contribution in [3.8, 4) is 11.5 Å². The number of anilines is 2. The highest BCUT2D eigenvalue weighted by molar-refractivity contribution is 6.33. The van der Waals surface area contributed by atoms with Crippen LogP contribution < -0.4 is 10.6 Å². The standard InChI is InChI=1S/C22H23N3O4/c1-23-12-2-4-15(26)19-17(12)21(28)20-16(27)5-3-13(18(20)22(19)29)24-14-10-25-8-6-11(14)7-9-25/h2-5,11,14,23-24,26-27H,6-10H2,1H3. The number of phenolic OH excluding ortho intramolecular Hbond substituents is 2. The molecule has 0 radical (unpaired) electrons. The van der Waals surface area contributed by atoms with Gasteiger partial charge in [0.1, 0.15) is 11.5 Å². The molecule has 6 rings (SSSR count). The van der Waals surface area contributed by atoms with Gasteiger partial charge in [0.2, 0.25) is 11.6 Å². The summed E-state index contributed by atoms with van der Waals surface area (Å²) < 4.78 is 0. The number of hydrogen-bond donors (Lipinski definition) is 4. The zero-order valence-electron chi connectivity index (χ0n) is 16.2. The topological polar surface area (TPSA) is 102 Å². The van der Waals surface area contributed by atoms with Crippen LogP contribution in [0.2, 0.25) is 0 Å². The van der Waals surface area contributed by atoms with Crippen LogP contribution >= 0.6 is 0 Å². The van der Waals surface area contributed by atoms with Crippen LogP contribution in [-0.2, 0) is 0 Å². The number of piperidine rings is 3. The van der Waals surface area contributed by atoms with Crippen molar-refractivity contribution in [1.82, 2.24) is 4.90 Å². The number of nitrogens with one attached hydrogen (secondary N) is 2. The molecule has 3 saturated heterocycles. The lowest BCUT2D eigenvalue weighted by Gasteiger charge is -2.45. The van der Waals surface area contributed by atoms with Gasteiger partial charge in [0, 0.05) is 31.0 Å². The van der Waals surface area contributed by atoms with E-state index in [4.69, 9.17) is 0 Å². The van der Waals surface area contributed by atoms with Gasteiger partial charge in [-0.05, 0) is 56.1 Å². The van der Waals surface area contributed by atoms with Gasteiger partial charge < -0.3 is 25.7 Å². The normalized spacial score (nSPS) is 24.8. The maximum atomic E-state index is 13.4. The van der Waals surface area contributed by atoms with Crippen molar-refractivity contribution in [2.45, 2.75) is 18.9 Å². The first-order chi connectivity index (χ1) is 14.0. The molecule has 2 aromatic rings. The Bertz CT molecular complexity index is 1040. The Morgan fingerprint density at radius 1 is 0.862 bits per heavy atom. The van der Waals surface area contributed by atoms with E-state index in [0.29, 0.717) is 17.3 Å². The Balaban J connectivity index is 1.63. The van der Waals surface area contributed by atoms with Gasteiger partial charge >= 0.3 is 0 Å². The third-order valence-corrected chi connectivity index (χ3v) is 6.54. The second-order valence-electron chi connectivity index (χ2n) is 8.06. The maximum Gasteiger partial charge on any atom is 0.200 e. The van der Waals surface area contributed by atoms with Crippen molar-refractivity contribution in [2.24, 2.45) is 5.92 Å². The molecule has 2 aromatic carbocycles. The smallest absolute Gasteiger partial charge is 0.200 e. The van der Waals surface area contributed by atoms with Crippen LogP contribution in [0.25, 0.3) is 0 Å². The number of phenols is 2. The SMILES string of the molecule is CNc1ccc(O)c2c1C(=O)c1c(O)ccc(NC3CN4CCC3CC4)c1C2=O. The number of carbonyl (C=O) groups is 2. The highest BCUT2D eigenvalue weighted by atomic mass is 16.3. The molecule has 1 atom stereocenters. The van der Waals surface area contributed by atoms with E-state index in [2.05, 4.69) is 15.5 Å². The summed E-state index contributed by atoms with van der Waals surface area (Å²) in [6.07, 6.45) is 2.22. The van der Waals surface area contributed by atoms with E-state index in [1.165, 1.54) is 12.1 Å². The third-order valence-electron chi connectivity index (χ3n) is 6.54. The van der Waals surface area contributed by atoms with Crippen molar-refractivity contribution < 1.29 is 19.8 Å². The lowest BCUT2D eigenvalue weighted by atomic mass is 9.80. The van der Waals surface area contributed by atoms with E-state index in [1.54, 1.807) is 19.2 Å². The number of nitrogens with zero attached hydrogens (tertiary/aromatic N) is 1. The number of hydrogen-bond acceptors (Lipinski definition) is 7. The highest BCUT2D eigenvalue weighted by Crippen LogP contribution is 2.43. The van der Waals surface area contributed by atoms with Crippen LogP contribution in [0.15, 0.2) is 24.3 Å².